The van der Waals surface area contributed by atoms with Crippen molar-refractivity contribution >= 4 is 23.3 Å². The van der Waals surface area contributed by atoms with Crippen LogP contribution in [0.4, 0.5) is 5.69 Å². The normalized spacial score (nSPS) is 11.8. The molecule has 1 atom stereocenters. The van der Waals surface area contributed by atoms with E-state index in [1.807, 2.05) is 18.2 Å². The first-order valence-corrected chi connectivity index (χ1v) is 7.10. The van der Waals surface area contributed by atoms with Crippen LogP contribution in [0.5, 0.6) is 0 Å². The van der Waals surface area contributed by atoms with E-state index in [0.29, 0.717) is 10.6 Å². The van der Waals surface area contributed by atoms with Gasteiger partial charge in [0.15, 0.2) is 0 Å². The lowest BCUT2D eigenvalue weighted by Crippen LogP contribution is -2.09. The van der Waals surface area contributed by atoms with E-state index in [9.17, 15) is 4.79 Å². The maximum absolute atomic E-state index is 11.7. The van der Waals surface area contributed by atoms with E-state index in [2.05, 4.69) is 31.3 Å². The molecule has 3 nitrogen and oxygen atoms in total. The number of esters is 1. The van der Waals surface area contributed by atoms with Crippen molar-refractivity contribution in [3.8, 4) is 0 Å². The van der Waals surface area contributed by atoms with Crippen LogP contribution >= 0.6 is 11.6 Å². The Morgan fingerprint density at radius 3 is 2.62 bits per heavy atom. The molecule has 2 rings (SSSR count). The quantitative estimate of drug-likeness (QED) is 0.838. The largest absolute Gasteiger partial charge is 0.465 e. The molecule has 2 aromatic carbocycles. The molecule has 0 aliphatic heterocycles. The number of carbonyl (C=O) groups excluding carboxylic acids is 1. The van der Waals surface area contributed by atoms with E-state index < -0.39 is 5.97 Å². The zero-order valence-corrected chi connectivity index (χ0v) is 13.1. The molecule has 110 valence electrons. The van der Waals surface area contributed by atoms with Gasteiger partial charge in [-0.1, -0.05) is 35.9 Å². The second-order valence-electron chi connectivity index (χ2n) is 4.91. The number of ether oxygens (including phenoxy) is 1. The average molecular weight is 304 g/mol. The zero-order chi connectivity index (χ0) is 15.4. The molecule has 1 unspecified atom stereocenters. The van der Waals surface area contributed by atoms with Gasteiger partial charge in [-0.25, -0.2) is 4.79 Å². The number of carbonyl (C=O) groups is 1. The Labute approximate surface area is 129 Å². The summed E-state index contributed by atoms with van der Waals surface area (Å²) in [5, 5.41) is 3.76. The van der Waals surface area contributed by atoms with E-state index in [1.54, 1.807) is 12.1 Å². The Morgan fingerprint density at radius 2 is 1.95 bits per heavy atom. The lowest BCUT2D eigenvalue weighted by molar-refractivity contribution is 0.0601. The fourth-order valence-electron chi connectivity index (χ4n) is 2.28. The van der Waals surface area contributed by atoms with E-state index in [-0.39, 0.29) is 6.04 Å². The molecular weight excluding hydrogens is 286 g/mol. The fourth-order valence-corrected chi connectivity index (χ4v) is 2.48. The molecule has 2 aromatic rings. The Balaban J connectivity index is 2.24. The number of benzene rings is 2. The number of hydrogen-bond acceptors (Lipinski definition) is 3. The number of rotatable bonds is 4. The molecule has 0 spiro atoms. The van der Waals surface area contributed by atoms with Gasteiger partial charge in [-0.2, -0.15) is 0 Å². The molecule has 0 aliphatic carbocycles. The molecule has 4 heteroatoms. The maximum Gasteiger partial charge on any atom is 0.339 e. The van der Waals surface area contributed by atoms with Crippen LogP contribution in [0, 0.1) is 6.92 Å². The van der Waals surface area contributed by atoms with Gasteiger partial charge in [-0.15, -0.1) is 0 Å². The molecule has 21 heavy (non-hydrogen) atoms. The highest BCUT2D eigenvalue weighted by molar-refractivity contribution is 6.33. The van der Waals surface area contributed by atoms with Crippen molar-refractivity contribution in [2.75, 3.05) is 12.4 Å². The lowest BCUT2D eigenvalue weighted by atomic mass is 10.0. The van der Waals surface area contributed by atoms with Crippen molar-refractivity contribution in [2.45, 2.75) is 19.9 Å². The summed E-state index contributed by atoms with van der Waals surface area (Å²) in [5.41, 5.74) is 3.63. The topological polar surface area (TPSA) is 38.3 Å². The second kappa shape index (κ2) is 6.64. The Kier molecular flexibility index (Phi) is 4.86. The van der Waals surface area contributed by atoms with Crippen LogP contribution in [-0.2, 0) is 4.74 Å². The minimum Gasteiger partial charge on any atom is -0.465 e. The summed E-state index contributed by atoms with van der Waals surface area (Å²) in [5.74, 6) is -0.438. The van der Waals surface area contributed by atoms with Crippen LogP contribution < -0.4 is 5.32 Å². The molecule has 0 saturated carbocycles. The van der Waals surface area contributed by atoms with Gasteiger partial charge >= 0.3 is 5.97 Å². The first kappa shape index (κ1) is 15.4. The molecule has 0 aromatic heterocycles. The van der Waals surface area contributed by atoms with Gasteiger partial charge < -0.3 is 10.1 Å². The number of nitrogens with one attached hydrogen (secondary N) is 1. The number of anilines is 1. The monoisotopic (exact) mass is 303 g/mol. The zero-order valence-electron chi connectivity index (χ0n) is 12.3. The van der Waals surface area contributed by atoms with E-state index in [4.69, 9.17) is 16.3 Å². The van der Waals surface area contributed by atoms with Crippen molar-refractivity contribution in [3.63, 3.8) is 0 Å². The third-order valence-corrected chi connectivity index (χ3v) is 3.74. The highest BCUT2D eigenvalue weighted by Crippen LogP contribution is 2.26. The van der Waals surface area contributed by atoms with Crippen molar-refractivity contribution in [3.05, 3.63) is 64.2 Å². The molecule has 0 heterocycles. The van der Waals surface area contributed by atoms with Crippen LogP contribution in [-0.4, -0.2) is 13.1 Å². The maximum atomic E-state index is 11.7. The number of aryl methyl sites for hydroxylation is 1. The SMILES string of the molecule is COC(=O)c1cc(NC(C)c2ccccc2C)ccc1Cl. The molecule has 0 saturated heterocycles. The summed E-state index contributed by atoms with van der Waals surface area (Å²) in [6, 6.07) is 13.6. The smallest absolute Gasteiger partial charge is 0.339 e. The first-order chi connectivity index (χ1) is 10.0. The van der Waals surface area contributed by atoms with Gasteiger partial charge in [-0.3, -0.25) is 0 Å². The molecule has 0 radical (unpaired) electrons. The van der Waals surface area contributed by atoms with Crippen molar-refractivity contribution in [1.82, 2.24) is 0 Å². The van der Waals surface area contributed by atoms with Crippen LogP contribution in [0.25, 0.3) is 0 Å². The highest BCUT2D eigenvalue weighted by atomic mass is 35.5. The molecular formula is C17H18ClNO2. The second-order valence-corrected chi connectivity index (χ2v) is 5.32. The van der Waals surface area contributed by atoms with Crippen molar-refractivity contribution < 1.29 is 9.53 Å². The molecule has 0 aliphatic rings. The summed E-state index contributed by atoms with van der Waals surface area (Å²) in [6.45, 7) is 4.16. The summed E-state index contributed by atoms with van der Waals surface area (Å²) in [4.78, 5) is 11.7. The van der Waals surface area contributed by atoms with Crippen LogP contribution in [0.3, 0.4) is 0 Å². The van der Waals surface area contributed by atoms with Gasteiger partial charge in [0.25, 0.3) is 0 Å². The number of halogens is 1. The molecule has 0 fully saturated rings. The van der Waals surface area contributed by atoms with Crippen LogP contribution in [0.2, 0.25) is 5.02 Å². The predicted molar refractivity (Wildman–Crippen MR) is 86.0 cm³/mol. The van der Waals surface area contributed by atoms with Crippen molar-refractivity contribution in [1.29, 1.82) is 0 Å². The minimum atomic E-state index is -0.438. The summed E-state index contributed by atoms with van der Waals surface area (Å²) in [7, 11) is 1.34. The molecule has 0 amide bonds. The third kappa shape index (κ3) is 3.56. The molecule has 1 N–H and O–H groups in total. The summed E-state index contributed by atoms with van der Waals surface area (Å²) < 4.78 is 4.73. The van der Waals surface area contributed by atoms with E-state index in [0.717, 1.165) is 5.69 Å². The Hall–Kier alpha value is -2.00. The summed E-state index contributed by atoms with van der Waals surface area (Å²) in [6.07, 6.45) is 0. The highest BCUT2D eigenvalue weighted by Gasteiger charge is 2.13. The average Bonchev–Trinajstić information content (AvgIpc) is 2.48. The fraction of sp³-hybridized carbons (Fsp3) is 0.235. The molecule has 0 bridgehead atoms. The number of hydrogen-bond donors (Lipinski definition) is 1. The predicted octanol–water partition coefficient (Wildman–Crippen LogP) is 4.61. The van der Waals surface area contributed by atoms with Crippen LogP contribution in [0.1, 0.15) is 34.5 Å². The first-order valence-electron chi connectivity index (χ1n) is 6.73. The van der Waals surface area contributed by atoms with Gasteiger partial charge in [0.1, 0.15) is 0 Å². The van der Waals surface area contributed by atoms with Crippen LogP contribution in [0.15, 0.2) is 42.5 Å². The van der Waals surface area contributed by atoms with E-state index in [1.165, 1.54) is 18.2 Å². The van der Waals surface area contributed by atoms with E-state index >= 15 is 0 Å². The minimum absolute atomic E-state index is 0.123. The third-order valence-electron chi connectivity index (χ3n) is 3.41. The van der Waals surface area contributed by atoms with Gasteiger partial charge in [-0.05, 0) is 43.2 Å². The van der Waals surface area contributed by atoms with Gasteiger partial charge in [0.2, 0.25) is 0 Å². The summed E-state index contributed by atoms with van der Waals surface area (Å²) >= 11 is 6.02. The number of methoxy groups -OCH3 is 1. The van der Waals surface area contributed by atoms with Crippen molar-refractivity contribution in [2.24, 2.45) is 0 Å². The van der Waals surface area contributed by atoms with Gasteiger partial charge in [0, 0.05) is 11.7 Å². The van der Waals surface area contributed by atoms with Gasteiger partial charge in [0.05, 0.1) is 17.7 Å². The Morgan fingerprint density at radius 1 is 1.24 bits per heavy atom. The lowest BCUT2D eigenvalue weighted by Gasteiger charge is -2.18. The Bertz CT molecular complexity index is 655. The standard InChI is InChI=1S/C17H18ClNO2/c1-11-6-4-5-7-14(11)12(2)19-13-8-9-16(18)15(10-13)17(20)21-3/h4-10,12,19H,1-3H3.